The molecule has 0 spiro atoms. The summed E-state index contributed by atoms with van der Waals surface area (Å²) in [6.45, 7) is 9.54. The molecule has 4 nitrogen and oxygen atoms in total. The van der Waals surface area contributed by atoms with E-state index in [4.69, 9.17) is 4.98 Å². The van der Waals surface area contributed by atoms with Gasteiger partial charge in [0, 0.05) is 31.4 Å². The molecule has 0 aliphatic heterocycles. The van der Waals surface area contributed by atoms with Gasteiger partial charge in [0.15, 0.2) is 0 Å². The van der Waals surface area contributed by atoms with Crippen LogP contribution in [0.3, 0.4) is 0 Å². The Balaban J connectivity index is 2.09. The van der Waals surface area contributed by atoms with E-state index in [-0.39, 0.29) is 0 Å². The Kier molecular flexibility index (Phi) is 5.00. The second kappa shape index (κ2) is 6.73. The van der Waals surface area contributed by atoms with Crippen LogP contribution >= 0.6 is 0 Å². The average molecular weight is 262 g/mol. The zero-order chi connectivity index (χ0) is 13.7. The lowest BCUT2D eigenvalue weighted by Crippen LogP contribution is -2.33. The summed E-state index contributed by atoms with van der Waals surface area (Å²) in [4.78, 5) is 11.5. The van der Waals surface area contributed by atoms with E-state index in [1.165, 1.54) is 24.8 Å². The van der Waals surface area contributed by atoms with E-state index in [9.17, 15) is 0 Å². The molecule has 4 heteroatoms. The molecule has 1 N–H and O–H groups in total. The first-order valence-corrected chi connectivity index (χ1v) is 7.57. The summed E-state index contributed by atoms with van der Waals surface area (Å²) in [5.74, 6) is 2.72. The van der Waals surface area contributed by atoms with Crippen LogP contribution in [0.2, 0.25) is 0 Å². The molecule has 0 atom stereocenters. The van der Waals surface area contributed by atoms with Crippen molar-refractivity contribution in [1.82, 2.24) is 9.97 Å². The highest BCUT2D eigenvalue weighted by molar-refractivity contribution is 5.49. The van der Waals surface area contributed by atoms with E-state index in [2.05, 4.69) is 36.0 Å². The van der Waals surface area contributed by atoms with Crippen LogP contribution in [0.5, 0.6) is 0 Å². The van der Waals surface area contributed by atoms with E-state index >= 15 is 0 Å². The van der Waals surface area contributed by atoms with E-state index < -0.39 is 0 Å². The summed E-state index contributed by atoms with van der Waals surface area (Å²) in [7, 11) is 0. The Labute approximate surface area is 116 Å². The maximum absolute atomic E-state index is 4.70. The minimum atomic E-state index is 0.759. The molecule has 0 aromatic carbocycles. The molecule has 106 valence electrons. The monoisotopic (exact) mass is 262 g/mol. The SMILES string of the molecule is CCCNc1ncc(C)c(N(CC)CC2CCC2)n1. The normalized spacial score (nSPS) is 15.1. The van der Waals surface area contributed by atoms with Gasteiger partial charge < -0.3 is 10.2 Å². The largest absolute Gasteiger partial charge is 0.356 e. The molecule has 1 aromatic rings. The predicted octanol–water partition coefficient (Wildman–Crippen LogP) is 3.23. The molecule has 1 fully saturated rings. The molecule has 2 rings (SSSR count). The zero-order valence-corrected chi connectivity index (χ0v) is 12.4. The number of aromatic nitrogens is 2. The Bertz CT molecular complexity index is 401. The number of anilines is 2. The van der Waals surface area contributed by atoms with Gasteiger partial charge in [0.1, 0.15) is 5.82 Å². The topological polar surface area (TPSA) is 41.1 Å². The molecule has 19 heavy (non-hydrogen) atoms. The summed E-state index contributed by atoms with van der Waals surface area (Å²) < 4.78 is 0. The molecule has 0 unspecified atom stereocenters. The van der Waals surface area contributed by atoms with E-state index in [0.29, 0.717) is 0 Å². The lowest BCUT2D eigenvalue weighted by molar-refractivity contribution is 0.318. The van der Waals surface area contributed by atoms with Crippen molar-refractivity contribution in [2.75, 3.05) is 29.9 Å². The van der Waals surface area contributed by atoms with Crippen molar-refractivity contribution in [3.05, 3.63) is 11.8 Å². The fourth-order valence-corrected chi connectivity index (χ4v) is 2.43. The van der Waals surface area contributed by atoms with Crippen LogP contribution in [0.25, 0.3) is 0 Å². The van der Waals surface area contributed by atoms with Gasteiger partial charge in [0.05, 0.1) is 0 Å². The van der Waals surface area contributed by atoms with Crippen molar-refractivity contribution in [3.8, 4) is 0 Å². The quantitative estimate of drug-likeness (QED) is 0.819. The number of hydrogen-bond donors (Lipinski definition) is 1. The highest BCUT2D eigenvalue weighted by atomic mass is 15.2. The van der Waals surface area contributed by atoms with Crippen LogP contribution in [0.4, 0.5) is 11.8 Å². The fourth-order valence-electron chi connectivity index (χ4n) is 2.43. The molecular weight excluding hydrogens is 236 g/mol. The highest BCUT2D eigenvalue weighted by Crippen LogP contribution is 2.29. The number of nitrogens with zero attached hydrogens (tertiary/aromatic N) is 3. The number of hydrogen-bond acceptors (Lipinski definition) is 4. The van der Waals surface area contributed by atoms with Gasteiger partial charge >= 0.3 is 0 Å². The smallest absolute Gasteiger partial charge is 0.224 e. The van der Waals surface area contributed by atoms with Crippen LogP contribution in [0.15, 0.2) is 6.20 Å². The first kappa shape index (κ1) is 14.1. The number of nitrogens with one attached hydrogen (secondary N) is 1. The predicted molar refractivity (Wildman–Crippen MR) is 80.8 cm³/mol. The highest BCUT2D eigenvalue weighted by Gasteiger charge is 2.21. The van der Waals surface area contributed by atoms with Gasteiger partial charge in [-0.15, -0.1) is 0 Å². The van der Waals surface area contributed by atoms with Gasteiger partial charge in [-0.3, -0.25) is 0 Å². The first-order valence-electron chi connectivity index (χ1n) is 7.57. The Hall–Kier alpha value is -1.32. The molecule has 0 amide bonds. The second-order valence-corrected chi connectivity index (χ2v) is 5.46. The lowest BCUT2D eigenvalue weighted by Gasteiger charge is -2.33. The van der Waals surface area contributed by atoms with Crippen LogP contribution in [-0.4, -0.2) is 29.6 Å². The van der Waals surface area contributed by atoms with Crippen molar-refractivity contribution in [1.29, 1.82) is 0 Å². The molecule has 1 saturated carbocycles. The Morgan fingerprint density at radius 3 is 2.74 bits per heavy atom. The first-order chi connectivity index (χ1) is 9.24. The van der Waals surface area contributed by atoms with E-state index in [1.54, 1.807) is 0 Å². The summed E-state index contributed by atoms with van der Waals surface area (Å²) in [5.41, 5.74) is 1.17. The van der Waals surface area contributed by atoms with Gasteiger partial charge in [-0.1, -0.05) is 13.3 Å². The summed E-state index contributed by atoms with van der Waals surface area (Å²) in [5, 5.41) is 3.27. The maximum atomic E-state index is 4.70. The number of aryl methyl sites for hydroxylation is 1. The molecule has 1 aliphatic carbocycles. The van der Waals surface area contributed by atoms with Gasteiger partial charge in [-0.05, 0) is 39.0 Å². The summed E-state index contributed by atoms with van der Waals surface area (Å²) >= 11 is 0. The maximum Gasteiger partial charge on any atom is 0.224 e. The summed E-state index contributed by atoms with van der Waals surface area (Å²) in [6.07, 6.45) is 7.17. The van der Waals surface area contributed by atoms with Crippen LogP contribution in [0.1, 0.15) is 45.1 Å². The molecule has 1 aliphatic rings. The van der Waals surface area contributed by atoms with Crippen molar-refractivity contribution < 1.29 is 0 Å². The van der Waals surface area contributed by atoms with Crippen LogP contribution in [-0.2, 0) is 0 Å². The Morgan fingerprint density at radius 2 is 2.16 bits per heavy atom. The number of rotatable bonds is 7. The van der Waals surface area contributed by atoms with Crippen LogP contribution < -0.4 is 10.2 Å². The Morgan fingerprint density at radius 1 is 1.37 bits per heavy atom. The van der Waals surface area contributed by atoms with Crippen molar-refractivity contribution in [2.45, 2.75) is 46.5 Å². The minimum Gasteiger partial charge on any atom is -0.356 e. The summed E-state index contributed by atoms with van der Waals surface area (Å²) in [6, 6.07) is 0. The molecule has 0 saturated heterocycles. The van der Waals surface area contributed by atoms with Crippen molar-refractivity contribution in [2.24, 2.45) is 5.92 Å². The molecule has 1 aromatic heterocycles. The fraction of sp³-hybridized carbons (Fsp3) is 0.733. The minimum absolute atomic E-state index is 0.759. The van der Waals surface area contributed by atoms with Crippen molar-refractivity contribution >= 4 is 11.8 Å². The van der Waals surface area contributed by atoms with E-state index in [0.717, 1.165) is 43.7 Å². The van der Waals surface area contributed by atoms with Crippen molar-refractivity contribution in [3.63, 3.8) is 0 Å². The van der Waals surface area contributed by atoms with Gasteiger partial charge in [-0.2, -0.15) is 4.98 Å². The second-order valence-electron chi connectivity index (χ2n) is 5.46. The molecule has 0 bridgehead atoms. The van der Waals surface area contributed by atoms with Crippen LogP contribution in [0, 0.1) is 12.8 Å². The third-order valence-corrected chi connectivity index (χ3v) is 3.86. The zero-order valence-electron chi connectivity index (χ0n) is 12.4. The third-order valence-electron chi connectivity index (χ3n) is 3.86. The third kappa shape index (κ3) is 3.58. The van der Waals surface area contributed by atoms with Gasteiger partial charge in [0.25, 0.3) is 0 Å². The average Bonchev–Trinajstić information content (AvgIpc) is 2.37. The van der Waals surface area contributed by atoms with E-state index in [1.807, 2.05) is 6.20 Å². The van der Waals surface area contributed by atoms with Gasteiger partial charge in [0.2, 0.25) is 5.95 Å². The molecule has 0 radical (unpaired) electrons. The molecule has 1 heterocycles. The molecular formula is C15H26N4. The van der Waals surface area contributed by atoms with Gasteiger partial charge in [-0.25, -0.2) is 4.98 Å². The lowest BCUT2D eigenvalue weighted by atomic mass is 9.85. The standard InChI is InChI=1S/C15H26N4/c1-4-9-16-15-17-10-12(3)14(18-15)19(5-2)11-13-7-6-8-13/h10,13H,4-9,11H2,1-3H3,(H,16,17,18).